The summed E-state index contributed by atoms with van der Waals surface area (Å²) in [4.78, 5) is 3.89. The minimum Gasteiger partial charge on any atom is -0.496 e. The first kappa shape index (κ1) is 10.3. The number of nitrogens with zero attached hydrogens (tertiary/aromatic N) is 2. The van der Waals surface area contributed by atoms with E-state index in [1.54, 1.807) is 6.08 Å². The van der Waals surface area contributed by atoms with Crippen molar-refractivity contribution in [2.75, 3.05) is 6.61 Å². The van der Waals surface area contributed by atoms with Crippen LogP contribution in [0.3, 0.4) is 0 Å². The molecule has 88 valence electrons. The lowest BCUT2D eigenvalue weighted by Crippen LogP contribution is -2.37. The number of aromatic nitrogens is 1. The van der Waals surface area contributed by atoms with Crippen molar-refractivity contribution in [3.8, 4) is 5.88 Å². The van der Waals surface area contributed by atoms with Crippen LogP contribution >= 0.6 is 0 Å². The second kappa shape index (κ2) is 3.30. The van der Waals surface area contributed by atoms with Crippen molar-refractivity contribution in [3.63, 3.8) is 0 Å². The Morgan fingerprint density at radius 3 is 3.06 bits per heavy atom. The van der Waals surface area contributed by atoms with Gasteiger partial charge in [-0.2, -0.15) is 12.8 Å². The fourth-order valence-electron chi connectivity index (χ4n) is 1.60. The van der Waals surface area contributed by atoms with Crippen LogP contribution in [0.15, 0.2) is 40.0 Å². The number of ether oxygens (including phenoxy) is 2. The molecule has 0 aromatic carbocycles. The maximum absolute atomic E-state index is 11.9. The van der Waals surface area contributed by atoms with Crippen LogP contribution < -0.4 is 4.74 Å². The Morgan fingerprint density at radius 1 is 1.41 bits per heavy atom. The molecule has 0 radical (unpaired) electrons. The summed E-state index contributed by atoms with van der Waals surface area (Å²) in [6.45, 7) is 0.183. The zero-order chi connectivity index (χ0) is 11.9. The van der Waals surface area contributed by atoms with Crippen molar-refractivity contribution in [2.45, 2.75) is 10.5 Å². The number of rotatable bonds is 0. The normalized spacial score (nSPS) is 28.2. The molecule has 3 heterocycles. The van der Waals surface area contributed by atoms with E-state index in [2.05, 4.69) is 9.38 Å². The van der Waals surface area contributed by atoms with Gasteiger partial charge in [-0.25, -0.2) is 4.98 Å². The van der Waals surface area contributed by atoms with Crippen molar-refractivity contribution < 1.29 is 17.9 Å². The quantitative estimate of drug-likeness (QED) is 0.672. The molecule has 0 bridgehead atoms. The Balaban J connectivity index is 2.21. The number of hydrogen-bond acceptors (Lipinski definition) is 5. The van der Waals surface area contributed by atoms with Gasteiger partial charge in [0.15, 0.2) is 4.90 Å². The van der Waals surface area contributed by atoms with Crippen LogP contribution in [-0.2, 0) is 14.8 Å². The summed E-state index contributed by atoms with van der Waals surface area (Å²) >= 11 is 0. The zero-order valence-corrected chi connectivity index (χ0v) is 9.42. The predicted octanol–water partition coefficient (Wildman–Crippen LogP) is 0.516. The van der Waals surface area contributed by atoms with Crippen molar-refractivity contribution in [1.29, 1.82) is 0 Å². The number of sulfonamides is 1. The molecule has 0 aliphatic carbocycles. The third-order valence-electron chi connectivity index (χ3n) is 2.47. The molecule has 2 aliphatic rings. The van der Waals surface area contributed by atoms with Gasteiger partial charge in [0.2, 0.25) is 11.5 Å². The van der Waals surface area contributed by atoms with E-state index in [0.717, 1.165) is 0 Å². The van der Waals surface area contributed by atoms with E-state index in [9.17, 15) is 8.42 Å². The lowest BCUT2D eigenvalue weighted by Gasteiger charge is -2.20. The molecule has 17 heavy (non-hydrogen) atoms. The van der Waals surface area contributed by atoms with Crippen molar-refractivity contribution in [3.05, 3.63) is 30.7 Å². The molecule has 1 aromatic heterocycles. The van der Waals surface area contributed by atoms with E-state index in [1.165, 1.54) is 30.8 Å². The van der Waals surface area contributed by atoms with Crippen molar-refractivity contribution in [2.24, 2.45) is 4.40 Å². The fourth-order valence-corrected chi connectivity index (χ4v) is 2.60. The van der Waals surface area contributed by atoms with Gasteiger partial charge < -0.3 is 9.47 Å². The highest BCUT2D eigenvalue weighted by Gasteiger charge is 2.38. The van der Waals surface area contributed by atoms with Gasteiger partial charge >= 0.3 is 0 Å². The third kappa shape index (κ3) is 1.59. The highest BCUT2D eigenvalue weighted by atomic mass is 32.2. The second-order valence-corrected chi connectivity index (χ2v) is 5.29. The Hall–Kier alpha value is -1.89. The van der Waals surface area contributed by atoms with E-state index in [4.69, 9.17) is 9.47 Å². The molecule has 1 atom stereocenters. The van der Waals surface area contributed by atoms with Gasteiger partial charge in [0, 0.05) is 12.3 Å². The SMILES string of the molecule is O=S1(=O)N=CC2(C=COC2)Oc2ncccc21. The maximum Gasteiger partial charge on any atom is 0.287 e. The molecule has 1 spiro atoms. The van der Waals surface area contributed by atoms with E-state index in [-0.39, 0.29) is 17.4 Å². The maximum atomic E-state index is 11.9. The second-order valence-electron chi connectivity index (χ2n) is 3.69. The van der Waals surface area contributed by atoms with E-state index >= 15 is 0 Å². The molecule has 6 nitrogen and oxygen atoms in total. The van der Waals surface area contributed by atoms with Crippen LogP contribution in [0.5, 0.6) is 5.88 Å². The predicted molar refractivity (Wildman–Crippen MR) is 58.4 cm³/mol. The third-order valence-corrected chi connectivity index (χ3v) is 3.72. The van der Waals surface area contributed by atoms with Crippen LogP contribution in [0.4, 0.5) is 0 Å². The molecule has 7 heteroatoms. The van der Waals surface area contributed by atoms with Crippen LogP contribution in [0.25, 0.3) is 0 Å². The lowest BCUT2D eigenvalue weighted by atomic mass is 10.1. The molecule has 0 amide bonds. The highest BCUT2D eigenvalue weighted by molar-refractivity contribution is 7.90. The van der Waals surface area contributed by atoms with E-state index in [1.807, 2.05) is 0 Å². The number of fused-ring (bicyclic) bond motifs is 1. The molecule has 1 unspecified atom stereocenters. The number of hydrogen-bond donors (Lipinski definition) is 0. The molecule has 3 rings (SSSR count). The molecule has 2 aliphatic heterocycles. The summed E-state index contributed by atoms with van der Waals surface area (Å²) in [5, 5.41) is 0. The van der Waals surface area contributed by atoms with Crippen LogP contribution in [-0.4, -0.2) is 31.8 Å². The smallest absolute Gasteiger partial charge is 0.287 e. The van der Waals surface area contributed by atoms with E-state index in [0.29, 0.717) is 0 Å². The van der Waals surface area contributed by atoms with Gasteiger partial charge in [0.1, 0.15) is 6.61 Å². The average molecular weight is 252 g/mol. The summed E-state index contributed by atoms with van der Waals surface area (Å²) in [7, 11) is -3.75. The van der Waals surface area contributed by atoms with Crippen LogP contribution in [0.2, 0.25) is 0 Å². The molecule has 1 aromatic rings. The monoisotopic (exact) mass is 252 g/mol. The molecular weight excluding hydrogens is 244 g/mol. The Morgan fingerprint density at radius 2 is 2.29 bits per heavy atom. The first-order valence-electron chi connectivity index (χ1n) is 4.86. The fraction of sp³-hybridized carbons (Fsp3) is 0.200. The Labute approximate surface area is 97.7 Å². The molecule has 0 saturated carbocycles. The Kier molecular flexibility index (Phi) is 1.99. The van der Waals surface area contributed by atoms with Gasteiger partial charge in [0.05, 0.1) is 12.5 Å². The average Bonchev–Trinajstić information content (AvgIpc) is 2.72. The largest absolute Gasteiger partial charge is 0.496 e. The zero-order valence-electron chi connectivity index (χ0n) is 8.61. The summed E-state index contributed by atoms with van der Waals surface area (Å²) in [6.07, 6.45) is 5.75. The standard InChI is InChI=1S/C10H8N2O4S/c13-17(14)8-2-1-4-11-9(8)16-10(6-12-17)3-5-15-7-10/h1-6H,7H2. The summed E-state index contributed by atoms with van der Waals surface area (Å²) in [6, 6.07) is 2.93. The van der Waals surface area contributed by atoms with Gasteiger partial charge in [0.25, 0.3) is 10.0 Å². The molecule has 0 fully saturated rings. The molecular formula is C10H8N2O4S. The minimum absolute atomic E-state index is 0.0339. The van der Waals surface area contributed by atoms with Gasteiger partial charge in [-0.05, 0) is 12.1 Å². The van der Waals surface area contributed by atoms with Crippen LogP contribution in [0, 0.1) is 0 Å². The topological polar surface area (TPSA) is 77.9 Å². The summed E-state index contributed by atoms with van der Waals surface area (Å²) in [5.74, 6) is 0.0418. The first-order chi connectivity index (χ1) is 8.11. The van der Waals surface area contributed by atoms with Crippen molar-refractivity contribution in [1.82, 2.24) is 4.98 Å². The summed E-state index contributed by atoms with van der Waals surface area (Å²) < 4.78 is 37.9. The first-order valence-corrected chi connectivity index (χ1v) is 6.30. The molecule has 0 saturated heterocycles. The minimum atomic E-state index is -3.75. The summed E-state index contributed by atoms with van der Waals surface area (Å²) in [5.41, 5.74) is -0.979. The van der Waals surface area contributed by atoms with E-state index < -0.39 is 15.6 Å². The van der Waals surface area contributed by atoms with Crippen molar-refractivity contribution >= 4 is 16.2 Å². The lowest BCUT2D eigenvalue weighted by molar-refractivity contribution is 0.119. The molecule has 0 N–H and O–H groups in total. The van der Waals surface area contributed by atoms with Gasteiger partial charge in [-0.15, -0.1) is 0 Å². The highest BCUT2D eigenvalue weighted by Crippen LogP contribution is 2.31. The van der Waals surface area contributed by atoms with Gasteiger partial charge in [-0.1, -0.05) is 0 Å². The van der Waals surface area contributed by atoms with Crippen LogP contribution in [0.1, 0.15) is 0 Å². The van der Waals surface area contributed by atoms with Gasteiger partial charge in [-0.3, -0.25) is 0 Å². The number of pyridine rings is 1. The Bertz CT molecular complexity index is 623.